The highest BCUT2D eigenvalue weighted by molar-refractivity contribution is 5.75. The van der Waals surface area contributed by atoms with Crippen molar-refractivity contribution in [1.82, 2.24) is 0 Å². The number of rotatable bonds is 36. The number of methoxy groups -OCH3 is 1. The fraction of sp³-hybridized carbons (Fsp3) is 0.410. The molecule has 0 amide bonds. The van der Waals surface area contributed by atoms with E-state index in [0.29, 0.717) is 6.42 Å². The van der Waals surface area contributed by atoms with Gasteiger partial charge in [-0.15, -0.1) is 0 Å². The highest BCUT2D eigenvalue weighted by Crippen LogP contribution is 2.40. The van der Waals surface area contributed by atoms with Crippen LogP contribution in [0.2, 0.25) is 0 Å². The van der Waals surface area contributed by atoms with Crippen molar-refractivity contribution < 1.29 is 80.6 Å². The van der Waals surface area contributed by atoms with Gasteiger partial charge < -0.3 is 75.8 Å². The molecule has 17 nitrogen and oxygen atoms in total. The van der Waals surface area contributed by atoms with Gasteiger partial charge in [0.15, 0.2) is 25.0 Å². The van der Waals surface area contributed by atoms with Crippen LogP contribution in [0.3, 0.4) is 0 Å². The van der Waals surface area contributed by atoms with Crippen molar-refractivity contribution in [3.8, 4) is 0 Å². The number of carbonyl (C=O) groups excluding carboxylic acids is 1. The van der Waals surface area contributed by atoms with Crippen LogP contribution in [0.1, 0.15) is 78.6 Å². The van der Waals surface area contributed by atoms with E-state index >= 15 is 0 Å². The molecule has 0 N–H and O–H groups in total. The lowest BCUT2D eigenvalue weighted by Crippen LogP contribution is -2.68. The van der Waals surface area contributed by atoms with E-state index in [9.17, 15) is 4.79 Å². The van der Waals surface area contributed by atoms with Crippen molar-refractivity contribution in [3.63, 3.8) is 0 Å². The third-order valence-corrected chi connectivity index (χ3v) is 17.6. The second kappa shape index (κ2) is 38.6. The molecular formula is C83H96O17. The zero-order valence-corrected chi connectivity index (χ0v) is 57.9. The van der Waals surface area contributed by atoms with Crippen LogP contribution in [0.4, 0.5) is 0 Å². The molecule has 15 unspecified atom stereocenters. The Morgan fingerprint density at radius 1 is 0.320 bits per heavy atom. The van der Waals surface area contributed by atoms with Gasteiger partial charge in [-0.05, 0) is 71.7 Å². The molecule has 15 atom stereocenters. The highest BCUT2D eigenvalue weighted by Gasteiger charge is 2.58. The molecule has 0 radical (unpaired) electrons. The van der Waals surface area contributed by atoms with Crippen molar-refractivity contribution in [2.75, 3.05) is 33.5 Å². The maximum absolute atomic E-state index is 14.8. The third-order valence-electron chi connectivity index (χ3n) is 17.6. The Morgan fingerprint density at radius 2 is 0.590 bits per heavy atom. The lowest BCUT2D eigenvalue weighted by molar-refractivity contribution is -0.396. The van der Waals surface area contributed by atoms with Crippen molar-refractivity contribution in [3.05, 3.63) is 287 Å². The topological polar surface area (TPSA) is 165 Å². The van der Waals surface area contributed by atoms with Gasteiger partial charge in [0.25, 0.3) is 0 Å². The third kappa shape index (κ3) is 21.6. The number of carbonyl (C=O) groups is 1. The van der Waals surface area contributed by atoms with Crippen LogP contribution < -0.4 is 0 Å². The van der Waals surface area contributed by atoms with Crippen LogP contribution in [-0.2, 0) is 133 Å². The minimum Gasteiger partial charge on any atom is -0.454 e. The van der Waals surface area contributed by atoms with E-state index in [0.717, 1.165) is 44.5 Å². The first-order valence-corrected chi connectivity index (χ1v) is 34.8. The second-order valence-electron chi connectivity index (χ2n) is 26.3. The lowest BCUT2D eigenvalue weighted by Gasteiger charge is -2.51. The summed E-state index contributed by atoms with van der Waals surface area (Å²) in [5, 5.41) is 0. The van der Waals surface area contributed by atoms with E-state index in [2.05, 4.69) is 0 Å². The molecule has 0 saturated carbocycles. The van der Waals surface area contributed by atoms with E-state index < -0.39 is 104 Å². The first kappa shape index (κ1) is 73.8. The Hall–Kier alpha value is -7.37. The smallest absolute Gasteiger partial charge is 0.311 e. The number of ether oxygens (including phenoxy) is 16. The zero-order valence-electron chi connectivity index (χ0n) is 57.9. The van der Waals surface area contributed by atoms with Gasteiger partial charge in [-0.25, -0.2) is 0 Å². The molecule has 0 spiro atoms. The molecule has 3 saturated heterocycles. The maximum atomic E-state index is 14.8. The summed E-state index contributed by atoms with van der Waals surface area (Å²) in [4.78, 5) is 14.8. The minimum atomic E-state index is -1.41. The van der Waals surface area contributed by atoms with Crippen molar-refractivity contribution in [2.24, 2.45) is 5.41 Å². The summed E-state index contributed by atoms with van der Waals surface area (Å²) in [5.41, 5.74) is 6.46. The largest absolute Gasteiger partial charge is 0.454 e. The average molecular weight is 1370 g/mol. The SMILES string of the molecule is CCCOC1C(OC2OC(COCc3ccccc3)C(OCc3ccccc3)C(OCc3ccccc3)C2OC(=O)C(C)(C)C)C(COCc2ccccc2)OC(OC)C1OC1OC(COCc2ccccc2)C(OCc2ccccc2)C(OCc2ccccc2)C1OCc1ccccc1. The molecule has 0 aliphatic carbocycles. The van der Waals surface area contributed by atoms with E-state index in [4.69, 9.17) is 75.8 Å². The molecular weight excluding hydrogens is 1270 g/mol. The van der Waals surface area contributed by atoms with Crippen molar-refractivity contribution in [2.45, 2.75) is 179 Å². The number of benzene rings is 8. The molecule has 8 aromatic carbocycles. The van der Waals surface area contributed by atoms with E-state index in [1.165, 1.54) is 0 Å². The zero-order chi connectivity index (χ0) is 69.1. The quantitative estimate of drug-likeness (QED) is 0.0340. The fourth-order valence-corrected chi connectivity index (χ4v) is 12.3. The van der Waals surface area contributed by atoms with Crippen LogP contribution in [0.25, 0.3) is 0 Å². The van der Waals surface area contributed by atoms with Gasteiger partial charge in [0.1, 0.15) is 67.1 Å². The summed E-state index contributed by atoms with van der Waals surface area (Å²) in [6, 6.07) is 79.3. The van der Waals surface area contributed by atoms with Gasteiger partial charge in [0.05, 0.1) is 78.1 Å². The molecule has 0 bridgehead atoms. The molecule has 8 aromatic rings. The minimum absolute atomic E-state index is 0.0144. The Kier molecular flexibility index (Phi) is 28.5. The van der Waals surface area contributed by atoms with E-state index in [1.807, 2.05) is 250 Å². The van der Waals surface area contributed by atoms with Gasteiger partial charge in [0, 0.05) is 13.7 Å². The standard InChI is InChI=1S/C83H96O17/c1-6-47-89-75-72(98-81-78(100-82(84)83(2,3)4)74(93-54-65-43-27-13-28-44-65)71(91-52-63-39-23-11-24-40-63)68(97-81)57-87-49-60-33-17-8-18-34-60)69(58-88-50-61-35-19-9-20-36-61)95-79(85-5)77(75)99-80-76(94-55-66-45-29-14-30-46-66)73(92-53-64-41-25-12-26-42-64)70(90-51-62-37-21-10-22-38-62)67(96-80)56-86-48-59-31-15-7-16-32-59/h7-46,67-81H,6,47-58H2,1-5H3. The summed E-state index contributed by atoms with van der Waals surface area (Å²) in [7, 11) is 1.56. The molecule has 100 heavy (non-hydrogen) atoms. The number of hydrogen-bond acceptors (Lipinski definition) is 17. The predicted molar refractivity (Wildman–Crippen MR) is 375 cm³/mol. The van der Waals surface area contributed by atoms with Gasteiger partial charge in [0.2, 0.25) is 0 Å². The molecule has 530 valence electrons. The fourth-order valence-electron chi connectivity index (χ4n) is 12.3. The van der Waals surface area contributed by atoms with Gasteiger partial charge in [-0.3, -0.25) is 4.79 Å². The Labute approximate surface area is 589 Å². The summed E-state index contributed by atoms with van der Waals surface area (Å²) < 4.78 is 113. The van der Waals surface area contributed by atoms with Crippen LogP contribution in [0, 0.1) is 5.41 Å². The van der Waals surface area contributed by atoms with Gasteiger partial charge >= 0.3 is 5.97 Å². The van der Waals surface area contributed by atoms with E-state index in [-0.39, 0.29) is 79.3 Å². The molecule has 0 aromatic heterocycles. The second-order valence-corrected chi connectivity index (χ2v) is 26.3. The normalized spacial score (nSPS) is 25.5. The predicted octanol–water partition coefficient (Wildman–Crippen LogP) is 13.9. The van der Waals surface area contributed by atoms with Crippen molar-refractivity contribution in [1.29, 1.82) is 0 Å². The Morgan fingerprint density at radius 3 is 0.920 bits per heavy atom. The summed E-state index contributed by atoms with van der Waals surface area (Å²) in [6.07, 6.45) is -15.2. The van der Waals surface area contributed by atoms with Crippen molar-refractivity contribution >= 4 is 5.97 Å². The first-order valence-electron chi connectivity index (χ1n) is 34.8. The van der Waals surface area contributed by atoms with Crippen LogP contribution >= 0.6 is 0 Å². The van der Waals surface area contributed by atoms with Crippen LogP contribution in [0.15, 0.2) is 243 Å². The molecule has 3 aliphatic rings. The summed E-state index contributed by atoms with van der Waals surface area (Å²) in [5.74, 6) is -0.529. The Bertz CT molecular complexity index is 3540. The molecule has 3 heterocycles. The molecule has 3 aliphatic heterocycles. The monoisotopic (exact) mass is 1360 g/mol. The number of hydrogen-bond donors (Lipinski definition) is 0. The summed E-state index contributed by atoms with van der Waals surface area (Å²) >= 11 is 0. The first-order chi connectivity index (χ1) is 49.1. The maximum Gasteiger partial charge on any atom is 0.311 e. The number of esters is 1. The molecule has 11 rings (SSSR count). The molecule has 3 fully saturated rings. The lowest BCUT2D eigenvalue weighted by atomic mass is 9.94. The van der Waals surface area contributed by atoms with E-state index in [1.54, 1.807) is 27.9 Å². The Balaban J connectivity index is 1.01. The van der Waals surface area contributed by atoms with Crippen LogP contribution in [-0.4, -0.2) is 132 Å². The van der Waals surface area contributed by atoms with Gasteiger partial charge in [-0.1, -0.05) is 250 Å². The highest BCUT2D eigenvalue weighted by atomic mass is 16.8. The average Bonchev–Trinajstić information content (AvgIpc) is 0.771. The van der Waals surface area contributed by atoms with Gasteiger partial charge in [-0.2, -0.15) is 0 Å². The van der Waals surface area contributed by atoms with Crippen LogP contribution in [0.5, 0.6) is 0 Å². The molecule has 17 heteroatoms. The summed E-state index contributed by atoms with van der Waals surface area (Å²) in [6.45, 7) is 9.32.